The Hall–Kier alpha value is -1.32. The van der Waals surface area contributed by atoms with Gasteiger partial charge in [0.15, 0.2) is 0 Å². The Morgan fingerprint density at radius 1 is 1.31 bits per heavy atom. The molecule has 0 spiro atoms. The number of nitrogens with zero attached hydrogens (tertiary/aromatic N) is 3. The maximum absolute atomic E-state index is 5.06. The van der Waals surface area contributed by atoms with E-state index >= 15 is 0 Å². The van der Waals surface area contributed by atoms with Crippen molar-refractivity contribution in [1.29, 1.82) is 0 Å². The molecule has 2 fully saturated rings. The van der Waals surface area contributed by atoms with Crippen molar-refractivity contribution in [1.82, 2.24) is 9.97 Å². The molecule has 4 heteroatoms. The van der Waals surface area contributed by atoms with Crippen LogP contribution >= 0.6 is 0 Å². The van der Waals surface area contributed by atoms with E-state index in [1.54, 1.807) is 13.3 Å². The zero-order valence-electron chi connectivity index (χ0n) is 9.59. The Balaban J connectivity index is 1.78. The van der Waals surface area contributed by atoms with Gasteiger partial charge in [-0.2, -0.15) is 4.98 Å². The number of fused-ring (bicyclic) bond motifs is 1. The van der Waals surface area contributed by atoms with Gasteiger partial charge in [-0.15, -0.1) is 0 Å². The zero-order chi connectivity index (χ0) is 11.0. The molecule has 2 atom stereocenters. The highest BCUT2D eigenvalue weighted by Gasteiger charge is 2.36. The summed E-state index contributed by atoms with van der Waals surface area (Å²) in [6.45, 7) is 2.32. The van der Waals surface area contributed by atoms with Crippen LogP contribution in [-0.4, -0.2) is 30.2 Å². The van der Waals surface area contributed by atoms with Gasteiger partial charge in [-0.1, -0.05) is 6.42 Å². The average Bonchev–Trinajstić information content (AvgIpc) is 2.89. The lowest BCUT2D eigenvalue weighted by Gasteiger charge is -2.18. The second-order valence-corrected chi connectivity index (χ2v) is 4.76. The molecule has 1 aromatic heterocycles. The standard InChI is InChI=1S/C12H17N3O/c1-16-12-13-6-5-11(14-12)15-7-9-3-2-4-10(9)8-15/h5-6,9-10H,2-4,7-8H2,1H3. The first-order chi connectivity index (χ1) is 7.86. The highest BCUT2D eigenvalue weighted by Crippen LogP contribution is 2.39. The van der Waals surface area contributed by atoms with E-state index in [2.05, 4.69) is 14.9 Å². The molecule has 1 aliphatic carbocycles. The van der Waals surface area contributed by atoms with Crippen LogP contribution in [-0.2, 0) is 0 Å². The summed E-state index contributed by atoms with van der Waals surface area (Å²) in [7, 11) is 1.61. The number of rotatable bonds is 2. The molecule has 2 aliphatic rings. The smallest absolute Gasteiger partial charge is 0.318 e. The molecule has 1 aliphatic heterocycles. The third-order valence-corrected chi connectivity index (χ3v) is 3.85. The normalized spacial score (nSPS) is 28.2. The van der Waals surface area contributed by atoms with Crippen molar-refractivity contribution in [2.75, 3.05) is 25.1 Å². The largest absolute Gasteiger partial charge is 0.467 e. The first-order valence-electron chi connectivity index (χ1n) is 5.99. The van der Waals surface area contributed by atoms with Crippen LogP contribution in [0, 0.1) is 11.8 Å². The lowest BCUT2D eigenvalue weighted by Crippen LogP contribution is -2.22. The van der Waals surface area contributed by atoms with Crippen LogP contribution in [0.4, 0.5) is 5.82 Å². The maximum atomic E-state index is 5.06. The highest BCUT2D eigenvalue weighted by molar-refractivity contribution is 5.40. The first-order valence-corrected chi connectivity index (χ1v) is 5.99. The van der Waals surface area contributed by atoms with Crippen LogP contribution in [0.1, 0.15) is 19.3 Å². The molecular formula is C12H17N3O. The molecule has 3 rings (SSSR count). The fourth-order valence-electron chi connectivity index (χ4n) is 3.03. The van der Waals surface area contributed by atoms with Crippen molar-refractivity contribution >= 4 is 5.82 Å². The van der Waals surface area contributed by atoms with Crippen LogP contribution in [0.15, 0.2) is 12.3 Å². The van der Waals surface area contributed by atoms with E-state index in [1.807, 2.05) is 6.07 Å². The molecule has 0 radical (unpaired) electrons. The van der Waals surface area contributed by atoms with Gasteiger partial charge in [-0.25, -0.2) is 4.98 Å². The van der Waals surface area contributed by atoms with Crippen LogP contribution < -0.4 is 9.64 Å². The van der Waals surface area contributed by atoms with E-state index in [4.69, 9.17) is 4.74 Å². The second kappa shape index (κ2) is 3.92. The minimum atomic E-state index is 0.467. The maximum Gasteiger partial charge on any atom is 0.318 e. The molecule has 0 bridgehead atoms. The molecule has 86 valence electrons. The van der Waals surface area contributed by atoms with Gasteiger partial charge in [0.1, 0.15) is 5.82 Å². The molecule has 2 unspecified atom stereocenters. The quantitative estimate of drug-likeness (QED) is 0.759. The van der Waals surface area contributed by atoms with Gasteiger partial charge in [0.05, 0.1) is 7.11 Å². The Kier molecular flexibility index (Phi) is 2.42. The minimum Gasteiger partial charge on any atom is -0.467 e. The van der Waals surface area contributed by atoms with E-state index < -0.39 is 0 Å². The van der Waals surface area contributed by atoms with Gasteiger partial charge in [0.2, 0.25) is 0 Å². The summed E-state index contributed by atoms with van der Waals surface area (Å²) in [4.78, 5) is 10.8. The predicted octanol–water partition coefficient (Wildman–Crippen LogP) is 1.72. The van der Waals surface area contributed by atoms with Crippen LogP contribution in [0.2, 0.25) is 0 Å². The number of anilines is 1. The van der Waals surface area contributed by atoms with E-state index in [9.17, 15) is 0 Å². The number of methoxy groups -OCH3 is 1. The number of hydrogen-bond acceptors (Lipinski definition) is 4. The number of aromatic nitrogens is 2. The summed E-state index contributed by atoms with van der Waals surface area (Å²) in [6, 6.07) is 2.44. The molecule has 4 nitrogen and oxygen atoms in total. The Labute approximate surface area is 95.7 Å². The molecule has 1 saturated heterocycles. The van der Waals surface area contributed by atoms with Crippen LogP contribution in [0.5, 0.6) is 6.01 Å². The molecular weight excluding hydrogens is 202 g/mol. The van der Waals surface area contributed by atoms with Crippen LogP contribution in [0.25, 0.3) is 0 Å². The van der Waals surface area contributed by atoms with E-state index in [-0.39, 0.29) is 0 Å². The summed E-state index contributed by atoms with van der Waals surface area (Å²) in [5.41, 5.74) is 0. The molecule has 0 aromatic carbocycles. The zero-order valence-corrected chi connectivity index (χ0v) is 9.59. The van der Waals surface area contributed by atoms with Gasteiger partial charge in [-0.05, 0) is 30.7 Å². The van der Waals surface area contributed by atoms with Crippen molar-refractivity contribution < 1.29 is 4.74 Å². The third-order valence-electron chi connectivity index (χ3n) is 3.85. The Morgan fingerprint density at radius 3 is 2.75 bits per heavy atom. The van der Waals surface area contributed by atoms with Crippen molar-refractivity contribution in [3.05, 3.63) is 12.3 Å². The lowest BCUT2D eigenvalue weighted by molar-refractivity contribution is 0.380. The lowest BCUT2D eigenvalue weighted by atomic mass is 10.0. The van der Waals surface area contributed by atoms with E-state index in [1.165, 1.54) is 19.3 Å². The second-order valence-electron chi connectivity index (χ2n) is 4.76. The van der Waals surface area contributed by atoms with E-state index in [0.717, 1.165) is 30.7 Å². The molecule has 1 saturated carbocycles. The molecule has 1 aromatic rings. The summed E-state index contributed by atoms with van der Waals surface area (Å²) in [5.74, 6) is 2.79. The summed E-state index contributed by atoms with van der Waals surface area (Å²) in [5, 5.41) is 0. The third kappa shape index (κ3) is 1.62. The average molecular weight is 219 g/mol. The fraction of sp³-hybridized carbons (Fsp3) is 0.667. The van der Waals surface area contributed by atoms with E-state index in [0.29, 0.717) is 6.01 Å². The topological polar surface area (TPSA) is 38.2 Å². The first kappa shape index (κ1) is 9.87. The SMILES string of the molecule is COc1nccc(N2CC3CCCC3C2)n1. The van der Waals surface area contributed by atoms with Gasteiger partial charge < -0.3 is 9.64 Å². The fourth-order valence-corrected chi connectivity index (χ4v) is 3.03. The van der Waals surface area contributed by atoms with Gasteiger partial charge in [0, 0.05) is 19.3 Å². The molecule has 16 heavy (non-hydrogen) atoms. The van der Waals surface area contributed by atoms with Crippen molar-refractivity contribution in [2.45, 2.75) is 19.3 Å². The Morgan fingerprint density at radius 2 is 2.06 bits per heavy atom. The van der Waals surface area contributed by atoms with Gasteiger partial charge in [-0.3, -0.25) is 0 Å². The predicted molar refractivity (Wildman–Crippen MR) is 61.6 cm³/mol. The summed E-state index contributed by atoms with van der Waals surface area (Å²) >= 11 is 0. The van der Waals surface area contributed by atoms with Gasteiger partial charge >= 0.3 is 6.01 Å². The van der Waals surface area contributed by atoms with Crippen molar-refractivity contribution in [2.24, 2.45) is 11.8 Å². The molecule has 0 N–H and O–H groups in total. The summed E-state index contributed by atoms with van der Waals surface area (Å²) < 4.78 is 5.06. The highest BCUT2D eigenvalue weighted by atomic mass is 16.5. The number of ether oxygens (including phenoxy) is 1. The Bertz CT molecular complexity index is 370. The molecule has 0 amide bonds. The summed E-state index contributed by atoms with van der Waals surface area (Å²) in [6.07, 6.45) is 5.97. The monoisotopic (exact) mass is 219 g/mol. The van der Waals surface area contributed by atoms with Crippen LogP contribution in [0.3, 0.4) is 0 Å². The van der Waals surface area contributed by atoms with Crippen molar-refractivity contribution in [3.8, 4) is 6.01 Å². The number of hydrogen-bond donors (Lipinski definition) is 0. The minimum absolute atomic E-state index is 0.467. The van der Waals surface area contributed by atoms with Gasteiger partial charge in [0.25, 0.3) is 0 Å². The molecule has 2 heterocycles. The van der Waals surface area contributed by atoms with Crippen molar-refractivity contribution in [3.63, 3.8) is 0 Å².